The molecule has 1 aliphatic rings. The highest BCUT2D eigenvalue weighted by molar-refractivity contribution is 5.46. The van der Waals surface area contributed by atoms with Gasteiger partial charge >= 0.3 is 0 Å². The topological polar surface area (TPSA) is 54.3 Å². The van der Waals surface area contributed by atoms with Gasteiger partial charge < -0.3 is 14.8 Å². The molecule has 96 valence electrons. The van der Waals surface area contributed by atoms with Crippen molar-refractivity contribution in [2.45, 2.75) is 25.3 Å². The number of hydrogen-bond donors (Lipinski definition) is 1. The van der Waals surface area contributed by atoms with Crippen LogP contribution in [0.3, 0.4) is 0 Å². The zero-order chi connectivity index (χ0) is 12.8. The van der Waals surface area contributed by atoms with E-state index in [-0.39, 0.29) is 0 Å². The van der Waals surface area contributed by atoms with Crippen molar-refractivity contribution >= 4 is 0 Å². The van der Waals surface area contributed by atoms with E-state index in [9.17, 15) is 0 Å². The van der Waals surface area contributed by atoms with Gasteiger partial charge in [0.2, 0.25) is 0 Å². The fourth-order valence-electron chi connectivity index (χ4n) is 2.11. The molecule has 1 atom stereocenters. The number of benzene rings is 1. The number of nitriles is 1. The third-order valence-electron chi connectivity index (χ3n) is 3.15. The zero-order valence-corrected chi connectivity index (χ0v) is 10.6. The summed E-state index contributed by atoms with van der Waals surface area (Å²) in [6.07, 6.45) is 3.65. The van der Waals surface area contributed by atoms with E-state index < -0.39 is 0 Å². The fourth-order valence-corrected chi connectivity index (χ4v) is 2.11. The second-order valence-corrected chi connectivity index (χ2v) is 4.44. The van der Waals surface area contributed by atoms with Gasteiger partial charge in [0.1, 0.15) is 6.61 Å². The van der Waals surface area contributed by atoms with Gasteiger partial charge in [-0.15, -0.1) is 0 Å². The van der Waals surface area contributed by atoms with Gasteiger partial charge in [-0.1, -0.05) is 6.42 Å². The van der Waals surface area contributed by atoms with Crippen molar-refractivity contribution in [2.75, 3.05) is 20.3 Å². The Morgan fingerprint density at radius 1 is 1.39 bits per heavy atom. The summed E-state index contributed by atoms with van der Waals surface area (Å²) in [7, 11) is 1.59. The Morgan fingerprint density at radius 3 is 2.94 bits per heavy atom. The molecule has 1 aliphatic heterocycles. The molecule has 0 aromatic heterocycles. The summed E-state index contributed by atoms with van der Waals surface area (Å²) < 4.78 is 11.0. The highest BCUT2D eigenvalue weighted by atomic mass is 16.5. The number of methoxy groups -OCH3 is 1. The van der Waals surface area contributed by atoms with Gasteiger partial charge in [-0.25, -0.2) is 0 Å². The van der Waals surface area contributed by atoms with Gasteiger partial charge in [-0.2, -0.15) is 5.26 Å². The number of hydrogen-bond acceptors (Lipinski definition) is 4. The number of ether oxygens (including phenoxy) is 2. The minimum atomic E-state index is 0.416. The molecular formula is C14H18N2O2. The predicted molar refractivity (Wildman–Crippen MR) is 68.8 cm³/mol. The molecule has 0 spiro atoms. The molecule has 18 heavy (non-hydrogen) atoms. The highest BCUT2D eigenvalue weighted by Crippen LogP contribution is 2.28. The summed E-state index contributed by atoms with van der Waals surface area (Å²) in [5, 5.41) is 12.3. The second-order valence-electron chi connectivity index (χ2n) is 4.44. The van der Waals surface area contributed by atoms with E-state index in [1.807, 2.05) is 0 Å². The van der Waals surface area contributed by atoms with Crippen molar-refractivity contribution in [3.05, 3.63) is 23.8 Å². The van der Waals surface area contributed by atoms with E-state index in [0.717, 1.165) is 13.0 Å². The maximum atomic E-state index is 8.83. The molecule has 4 nitrogen and oxygen atoms in total. The number of rotatable bonds is 4. The van der Waals surface area contributed by atoms with Gasteiger partial charge in [0.25, 0.3) is 0 Å². The Labute approximate surface area is 108 Å². The summed E-state index contributed by atoms with van der Waals surface area (Å²) in [5.74, 6) is 1.31. The second kappa shape index (κ2) is 6.27. The fraction of sp³-hybridized carbons (Fsp3) is 0.500. The molecule has 2 rings (SSSR count). The lowest BCUT2D eigenvalue weighted by atomic mass is 10.1. The van der Waals surface area contributed by atoms with Crippen molar-refractivity contribution in [1.82, 2.24) is 5.32 Å². The Balaban J connectivity index is 1.98. The molecule has 1 N–H and O–H groups in total. The number of piperidine rings is 1. The van der Waals surface area contributed by atoms with Crippen LogP contribution in [0.1, 0.15) is 24.8 Å². The smallest absolute Gasteiger partial charge is 0.162 e. The molecule has 0 amide bonds. The maximum Gasteiger partial charge on any atom is 0.162 e. The first-order valence-electron chi connectivity index (χ1n) is 6.28. The average molecular weight is 246 g/mol. The lowest BCUT2D eigenvalue weighted by Gasteiger charge is -2.23. The van der Waals surface area contributed by atoms with Gasteiger partial charge in [-0.3, -0.25) is 0 Å². The molecule has 1 fully saturated rings. The summed E-state index contributed by atoms with van der Waals surface area (Å²) in [5.41, 5.74) is 0.579. The third-order valence-corrected chi connectivity index (χ3v) is 3.15. The Bertz CT molecular complexity index is 434. The molecule has 1 aromatic rings. The molecule has 0 radical (unpaired) electrons. The van der Waals surface area contributed by atoms with Crippen molar-refractivity contribution in [3.63, 3.8) is 0 Å². The molecule has 1 saturated heterocycles. The first kappa shape index (κ1) is 12.7. The first-order valence-corrected chi connectivity index (χ1v) is 6.28. The van der Waals surface area contributed by atoms with Gasteiger partial charge in [0, 0.05) is 12.1 Å². The molecule has 1 unspecified atom stereocenters. The normalized spacial score (nSPS) is 19.0. The van der Waals surface area contributed by atoms with Crippen LogP contribution in [-0.2, 0) is 0 Å². The third kappa shape index (κ3) is 3.14. The van der Waals surface area contributed by atoms with Gasteiger partial charge in [0.05, 0.1) is 18.7 Å². The molecule has 4 heteroatoms. The Hall–Kier alpha value is -1.73. The highest BCUT2D eigenvalue weighted by Gasteiger charge is 2.14. The van der Waals surface area contributed by atoms with Crippen LogP contribution in [-0.4, -0.2) is 26.3 Å². The summed E-state index contributed by atoms with van der Waals surface area (Å²) >= 11 is 0. The Morgan fingerprint density at radius 2 is 2.28 bits per heavy atom. The zero-order valence-electron chi connectivity index (χ0n) is 10.6. The molecule has 1 aromatic carbocycles. The van der Waals surface area contributed by atoms with E-state index in [1.54, 1.807) is 25.3 Å². The van der Waals surface area contributed by atoms with Crippen LogP contribution in [0, 0.1) is 11.3 Å². The van der Waals surface area contributed by atoms with Crippen molar-refractivity contribution < 1.29 is 9.47 Å². The van der Waals surface area contributed by atoms with Crippen LogP contribution < -0.4 is 14.8 Å². The van der Waals surface area contributed by atoms with Crippen LogP contribution in [0.15, 0.2) is 18.2 Å². The van der Waals surface area contributed by atoms with E-state index in [2.05, 4.69) is 11.4 Å². The van der Waals surface area contributed by atoms with Crippen molar-refractivity contribution in [2.24, 2.45) is 0 Å². The standard InChI is InChI=1S/C14H18N2O2/c1-17-14-8-11(9-15)5-6-13(14)18-10-12-4-2-3-7-16-12/h5-6,8,12,16H,2-4,7,10H2,1H3. The summed E-state index contributed by atoms with van der Waals surface area (Å²) in [6, 6.07) is 7.73. The first-order chi connectivity index (χ1) is 8.83. The van der Waals surface area contributed by atoms with Crippen molar-refractivity contribution in [3.8, 4) is 17.6 Å². The Kier molecular flexibility index (Phi) is 4.43. The van der Waals surface area contributed by atoms with Gasteiger partial charge in [0.15, 0.2) is 11.5 Å². The van der Waals surface area contributed by atoms with E-state index in [0.29, 0.717) is 29.7 Å². The van der Waals surface area contributed by atoms with E-state index in [1.165, 1.54) is 12.8 Å². The number of nitrogens with one attached hydrogen (secondary N) is 1. The largest absolute Gasteiger partial charge is 0.493 e. The van der Waals surface area contributed by atoms with Crippen LogP contribution in [0.25, 0.3) is 0 Å². The SMILES string of the molecule is COc1cc(C#N)ccc1OCC1CCCCN1. The number of nitrogens with zero attached hydrogens (tertiary/aromatic N) is 1. The van der Waals surface area contributed by atoms with Crippen LogP contribution in [0.4, 0.5) is 0 Å². The maximum absolute atomic E-state index is 8.83. The quantitative estimate of drug-likeness (QED) is 0.883. The molecule has 0 saturated carbocycles. The van der Waals surface area contributed by atoms with Crippen LogP contribution in [0.2, 0.25) is 0 Å². The minimum Gasteiger partial charge on any atom is -0.493 e. The minimum absolute atomic E-state index is 0.416. The van der Waals surface area contributed by atoms with Crippen LogP contribution in [0.5, 0.6) is 11.5 Å². The summed E-state index contributed by atoms with van der Waals surface area (Å²) in [4.78, 5) is 0. The van der Waals surface area contributed by atoms with Crippen molar-refractivity contribution in [1.29, 1.82) is 5.26 Å². The van der Waals surface area contributed by atoms with E-state index in [4.69, 9.17) is 14.7 Å². The average Bonchev–Trinajstić information content (AvgIpc) is 2.46. The predicted octanol–water partition coefficient (Wildman–Crippen LogP) is 2.09. The molecule has 1 heterocycles. The lowest BCUT2D eigenvalue weighted by Crippen LogP contribution is -2.38. The molecule has 0 bridgehead atoms. The molecular weight excluding hydrogens is 228 g/mol. The van der Waals surface area contributed by atoms with Gasteiger partial charge in [-0.05, 0) is 31.5 Å². The molecule has 0 aliphatic carbocycles. The summed E-state index contributed by atoms with van der Waals surface area (Å²) in [6.45, 7) is 1.71. The monoisotopic (exact) mass is 246 g/mol. The lowest BCUT2D eigenvalue weighted by molar-refractivity contribution is 0.230. The van der Waals surface area contributed by atoms with E-state index >= 15 is 0 Å². The van der Waals surface area contributed by atoms with Crippen LogP contribution >= 0.6 is 0 Å².